The molecule has 0 bridgehead atoms. The third kappa shape index (κ3) is 3.65. The number of rotatable bonds is 5. The Kier molecular flexibility index (Phi) is 4.51. The van der Waals surface area contributed by atoms with E-state index in [4.69, 9.17) is 4.74 Å². The van der Waals surface area contributed by atoms with Crippen molar-refractivity contribution in [1.29, 1.82) is 0 Å². The molecule has 1 aliphatic rings. The van der Waals surface area contributed by atoms with Gasteiger partial charge in [0.25, 0.3) is 0 Å². The average Bonchev–Trinajstić information content (AvgIpc) is 2.54. The van der Waals surface area contributed by atoms with Crippen molar-refractivity contribution in [3.8, 4) is 0 Å². The Bertz CT molecular complexity index is 380. The summed E-state index contributed by atoms with van der Waals surface area (Å²) in [5.41, 5.74) is -1.05. The molecule has 0 spiro atoms. The number of ether oxygens (including phenoxy) is 1. The number of sulfone groups is 1. The normalized spacial score (nSPS) is 27.3. The maximum absolute atomic E-state index is 11.7. The first-order chi connectivity index (χ1) is 7.81. The van der Waals surface area contributed by atoms with Crippen LogP contribution in [0.5, 0.6) is 0 Å². The smallest absolute Gasteiger partial charge is 0.327 e. The number of carbonyl (C=O) groups excluding carboxylic acids is 1. The topological polar surface area (TPSA) is 75.7 Å². The molecule has 1 atom stereocenters. The molecule has 0 aromatic carbocycles. The Morgan fingerprint density at radius 1 is 1.47 bits per heavy atom. The van der Waals surface area contributed by atoms with Crippen molar-refractivity contribution in [2.24, 2.45) is 0 Å². The summed E-state index contributed by atoms with van der Waals surface area (Å²) < 4.78 is 27.7. The number of carbonyl (C=O) groups is 1. The average molecular weight is 264 g/mol. The highest BCUT2D eigenvalue weighted by Gasteiger charge is 2.48. The quantitative estimate of drug-likeness (QED) is 0.633. The SMILES string of the molecule is COC(=O)C1(NCCN(C)C)CCS(=O)(=O)C1. The predicted molar refractivity (Wildman–Crippen MR) is 64.6 cm³/mol. The van der Waals surface area contributed by atoms with E-state index in [0.717, 1.165) is 6.54 Å². The van der Waals surface area contributed by atoms with Gasteiger partial charge in [0.05, 0.1) is 18.6 Å². The molecule has 1 unspecified atom stereocenters. The molecule has 1 N–H and O–H groups in total. The zero-order valence-corrected chi connectivity index (χ0v) is 11.3. The van der Waals surface area contributed by atoms with Crippen molar-refractivity contribution in [1.82, 2.24) is 10.2 Å². The van der Waals surface area contributed by atoms with Crippen LogP contribution in [0, 0.1) is 0 Å². The molecule has 0 saturated carbocycles. The highest BCUT2D eigenvalue weighted by atomic mass is 32.2. The van der Waals surface area contributed by atoms with Crippen LogP contribution in [0.2, 0.25) is 0 Å². The number of nitrogens with one attached hydrogen (secondary N) is 1. The van der Waals surface area contributed by atoms with E-state index in [9.17, 15) is 13.2 Å². The maximum atomic E-state index is 11.7. The number of hydrogen-bond donors (Lipinski definition) is 1. The lowest BCUT2D eigenvalue weighted by Gasteiger charge is -2.26. The highest BCUT2D eigenvalue weighted by molar-refractivity contribution is 7.91. The van der Waals surface area contributed by atoms with E-state index < -0.39 is 21.3 Å². The molecule has 0 aromatic rings. The van der Waals surface area contributed by atoms with Crippen molar-refractivity contribution >= 4 is 15.8 Å². The van der Waals surface area contributed by atoms with Gasteiger partial charge in [-0.1, -0.05) is 0 Å². The number of nitrogens with zero attached hydrogens (tertiary/aromatic N) is 1. The first-order valence-corrected chi connectivity index (χ1v) is 7.32. The second-order valence-electron chi connectivity index (χ2n) is 4.65. The predicted octanol–water partition coefficient (Wildman–Crippen LogP) is -1.13. The van der Waals surface area contributed by atoms with E-state index >= 15 is 0 Å². The Labute approximate surface area is 102 Å². The minimum atomic E-state index is -3.14. The molecule has 0 aromatic heterocycles. The summed E-state index contributed by atoms with van der Waals surface area (Å²) in [6.07, 6.45) is 0.287. The van der Waals surface area contributed by atoms with E-state index in [1.54, 1.807) is 0 Å². The van der Waals surface area contributed by atoms with Crippen LogP contribution in [0.25, 0.3) is 0 Å². The lowest BCUT2D eigenvalue weighted by Crippen LogP contribution is -2.55. The van der Waals surface area contributed by atoms with Crippen molar-refractivity contribution in [2.75, 3.05) is 45.8 Å². The summed E-state index contributed by atoms with van der Waals surface area (Å²) in [6.45, 7) is 1.29. The van der Waals surface area contributed by atoms with Crippen LogP contribution in [0.4, 0.5) is 0 Å². The van der Waals surface area contributed by atoms with Gasteiger partial charge < -0.3 is 9.64 Å². The van der Waals surface area contributed by atoms with Crippen molar-refractivity contribution in [2.45, 2.75) is 12.0 Å². The number of methoxy groups -OCH3 is 1. The maximum Gasteiger partial charge on any atom is 0.327 e. The molecule has 6 nitrogen and oxygen atoms in total. The summed E-state index contributed by atoms with van der Waals surface area (Å²) in [7, 11) is 1.97. The molecule has 1 fully saturated rings. The van der Waals surface area contributed by atoms with Gasteiger partial charge in [0.15, 0.2) is 9.84 Å². The summed E-state index contributed by atoms with van der Waals surface area (Å²) in [6, 6.07) is 0. The molecule has 0 aliphatic carbocycles. The summed E-state index contributed by atoms with van der Waals surface area (Å²) >= 11 is 0. The highest BCUT2D eigenvalue weighted by Crippen LogP contribution is 2.24. The zero-order valence-electron chi connectivity index (χ0n) is 10.5. The van der Waals surface area contributed by atoms with Crippen molar-refractivity contribution in [3.63, 3.8) is 0 Å². The van der Waals surface area contributed by atoms with Gasteiger partial charge in [0.1, 0.15) is 5.54 Å². The van der Waals surface area contributed by atoms with Gasteiger partial charge in [-0.15, -0.1) is 0 Å². The molecule has 17 heavy (non-hydrogen) atoms. The molecular weight excluding hydrogens is 244 g/mol. The lowest BCUT2D eigenvalue weighted by molar-refractivity contribution is -0.147. The van der Waals surface area contributed by atoms with Gasteiger partial charge >= 0.3 is 5.97 Å². The summed E-state index contributed by atoms with van der Waals surface area (Å²) in [5, 5.41) is 3.04. The Morgan fingerprint density at radius 2 is 2.12 bits per heavy atom. The molecular formula is C10H20N2O4S. The molecule has 1 rings (SSSR count). The zero-order chi connectivity index (χ0) is 13.1. The fraction of sp³-hybridized carbons (Fsp3) is 0.900. The molecule has 0 radical (unpaired) electrons. The second kappa shape index (κ2) is 5.32. The monoisotopic (exact) mass is 264 g/mol. The first-order valence-electron chi connectivity index (χ1n) is 5.50. The molecule has 100 valence electrons. The molecule has 0 amide bonds. The van der Waals surface area contributed by atoms with Crippen LogP contribution in [0.15, 0.2) is 0 Å². The van der Waals surface area contributed by atoms with E-state index in [1.807, 2.05) is 19.0 Å². The van der Waals surface area contributed by atoms with Gasteiger partial charge in [-0.05, 0) is 20.5 Å². The molecule has 1 heterocycles. The first kappa shape index (κ1) is 14.4. The van der Waals surface area contributed by atoms with Gasteiger partial charge in [0.2, 0.25) is 0 Å². The van der Waals surface area contributed by atoms with Gasteiger partial charge in [-0.25, -0.2) is 8.42 Å². The fourth-order valence-electron chi connectivity index (χ4n) is 1.94. The third-order valence-corrected chi connectivity index (χ3v) is 4.66. The van der Waals surface area contributed by atoms with Crippen LogP contribution in [-0.2, 0) is 19.4 Å². The van der Waals surface area contributed by atoms with E-state index in [1.165, 1.54) is 7.11 Å². The number of esters is 1. The van der Waals surface area contributed by atoms with Crippen LogP contribution in [0.1, 0.15) is 6.42 Å². The summed E-state index contributed by atoms with van der Waals surface area (Å²) in [4.78, 5) is 13.7. The Morgan fingerprint density at radius 3 is 2.53 bits per heavy atom. The number of hydrogen-bond acceptors (Lipinski definition) is 6. The Balaban J connectivity index is 2.72. The molecule has 1 aliphatic heterocycles. The second-order valence-corrected chi connectivity index (χ2v) is 6.83. The molecule has 1 saturated heterocycles. The van der Waals surface area contributed by atoms with Crippen LogP contribution >= 0.6 is 0 Å². The Hall–Kier alpha value is -0.660. The largest absolute Gasteiger partial charge is 0.468 e. The van der Waals surface area contributed by atoms with Gasteiger partial charge in [-0.3, -0.25) is 10.1 Å². The van der Waals surface area contributed by atoms with E-state index in [0.29, 0.717) is 6.54 Å². The fourth-order valence-corrected chi connectivity index (χ4v) is 3.86. The third-order valence-electron chi connectivity index (χ3n) is 2.90. The van der Waals surface area contributed by atoms with E-state index in [2.05, 4.69) is 5.32 Å². The van der Waals surface area contributed by atoms with E-state index in [-0.39, 0.29) is 17.9 Å². The van der Waals surface area contributed by atoms with Crippen molar-refractivity contribution < 1.29 is 17.9 Å². The standard InChI is InChI=1S/C10H20N2O4S/c1-12(2)6-5-11-10(9(13)16-3)4-7-17(14,15)8-10/h11H,4-8H2,1-3H3. The van der Waals surface area contributed by atoms with Crippen LogP contribution in [-0.4, -0.2) is 70.6 Å². The van der Waals surface area contributed by atoms with Gasteiger partial charge in [-0.2, -0.15) is 0 Å². The van der Waals surface area contributed by atoms with Crippen LogP contribution < -0.4 is 5.32 Å². The van der Waals surface area contributed by atoms with Crippen molar-refractivity contribution in [3.05, 3.63) is 0 Å². The number of likely N-dealkylation sites (N-methyl/N-ethyl adjacent to an activating group) is 1. The van der Waals surface area contributed by atoms with Crippen LogP contribution in [0.3, 0.4) is 0 Å². The van der Waals surface area contributed by atoms with Gasteiger partial charge in [0, 0.05) is 13.1 Å². The minimum absolute atomic E-state index is 0.0388. The minimum Gasteiger partial charge on any atom is -0.468 e. The molecule has 7 heteroatoms. The lowest BCUT2D eigenvalue weighted by atomic mass is 9.99. The summed E-state index contributed by atoms with van der Waals surface area (Å²) in [5.74, 6) is -0.616.